The van der Waals surface area contributed by atoms with Gasteiger partial charge in [-0.05, 0) is 25.7 Å². The highest BCUT2D eigenvalue weighted by molar-refractivity contribution is 4.50. The molecule has 0 bridgehead atoms. The Kier molecular flexibility index (Phi) is 23.6. The Labute approximate surface area is 193 Å². The average Bonchev–Trinajstić information content (AvgIpc) is 2.72. The van der Waals surface area contributed by atoms with Crippen LogP contribution in [0.1, 0.15) is 162 Å². The molecule has 0 radical (unpaired) electrons. The first kappa shape index (κ1) is 30.0. The summed E-state index contributed by atoms with van der Waals surface area (Å²) in [5.74, 6) is 0. The van der Waals surface area contributed by atoms with Crippen molar-refractivity contribution in [2.24, 2.45) is 0 Å². The Morgan fingerprint density at radius 1 is 0.300 bits per heavy atom. The van der Waals surface area contributed by atoms with Crippen molar-refractivity contribution in [1.82, 2.24) is 0 Å². The second-order valence-corrected chi connectivity index (χ2v) is 10.8. The predicted octanol–water partition coefficient (Wildman–Crippen LogP) is 10.1. The van der Waals surface area contributed by atoms with Crippen molar-refractivity contribution in [2.45, 2.75) is 162 Å². The molecule has 0 saturated carbocycles. The molecule has 0 aromatic heterocycles. The van der Waals surface area contributed by atoms with E-state index in [1.165, 1.54) is 165 Å². The van der Waals surface area contributed by atoms with Crippen LogP contribution in [0.3, 0.4) is 0 Å². The van der Waals surface area contributed by atoms with Gasteiger partial charge in [0, 0.05) is 0 Å². The lowest BCUT2D eigenvalue weighted by Gasteiger charge is -2.30. The standard InChI is InChI=1S/C29H62N/c1-5-7-9-11-13-14-15-16-17-18-19-20-21-23-25-27-29-30(3,4)28-26-24-22-12-10-8-6-2/h5-29H2,1-4H3/q+1. The normalized spacial score (nSPS) is 12.0. The molecule has 0 saturated heterocycles. The molecule has 182 valence electrons. The molecular weight excluding hydrogens is 362 g/mol. The molecule has 0 aromatic rings. The molecule has 0 rings (SSSR count). The molecule has 0 aliphatic heterocycles. The van der Waals surface area contributed by atoms with E-state index in [4.69, 9.17) is 0 Å². The zero-order valence-electron chi connectivity index (χ0n) is 22.1. The van der Waals surface area contributed by atoms with Gasteiger partial charge < -0.3 is 4.48 Å². The van der Waals surface area contributed by atoms with Crippen LogP contribution in [0.2, 0.25) is 0 Å². The minimum Gasteiger partial charge on any atom is -0.328 e. The number of unbranched alkanes of at least 4 members (excludes halogenated alkanes) is 21. The van der Waals surface area contributed by atoms with Crippen molar-refractivity contribution >= 4 is 0 Å². The molecular formula is C29H62N+. The van der Waals surface area contributed by atoms with E-state index < -0.39 is 0 Å². The van der Waals surface area contributed by atoms with Gasteiger partial charge in [-0.1, -0.05) is 136 Å². The second kappa shape index (κ2) is 23.6. The summed E-state index contributed by atoms with van der Waals surface area (Å²) in [6.07, 6.45) is 33.5. The highest BCUT2D eigenvalue weighted by Gasteiger charge is 2.13. The van der Waals surface area contributed by atoms with Gasteiger partial charge in [-0.2, -0.15) is 0 Å². The monoisotopic (exact) mass is 424 g/mol. The van der Waals surface area contributed by atoms with Crippen LogP contribution in [0.5, 0.6) is 0 Å². The maximum atomic E-state index is 2.45. The van der Waals surface area contributed by atoms with Crippen molar-refractivity contribution < 1.29 is 4.48 Å². The van der Waals surface area contributed by atoms with Gasteiger partial charge in [0.05, 0.1) is 27.2 Å². The van der Waals surface area contributed by atoms with E-state index in [2.05, 4.69) is 27.9 Å². The molecule has 0 atom stereocenters. The first-order chi connectivity index (χ1) is 14.6. The van der Waals surface area contributed by atoms with Crippen LogP contribution in [0, 0.1) is 0 Å². The van der Waals surface area contributed by atoms with Gasteiger partial charge in [-0.3, -0.25) is 0 Å². The Bertz CT molecular complexity index is 309. The van der Waals surface area contributed by atoms with Crippen molar-refractivity contribution in [3.63, 3.8) is 0 Å². The van der Waals surface area contributed by atoms with E-state index in [-0.39, 0.29) is 0 Å². The summed E-state index contributed by atoms with van der Waals surface area (Å²) in [5.41, 5.74) is 0. The maximum absolute atomic E-state index is 2.45. The fourth-order valence-electron chi connectivity index (χ4n) is 4.70. The quantitative estimate of drug-likeness (QED) is 0.101. The Balaban J connectivity index is 3.25. The summed E-state index contributed by atoms with van der Waals surface area (Å²) in [6.45, 7) is 7.37. The fraction of sp³-hybridized carbons (Fsp3) is 1.00. The van der Waals surface area contributed by atoms with Gasteiger partial charge in [0.1, 0.15) is 0 Å². The minimum atomic E-state index is 1.24. The molecule has 0 aromatic carbocycles. The second-order valence-electron chi connectivity index (χ2n) is 10.8. The topological polar surface area (TPSA) is 0 Å². The van der Waals surface area contributed by atoms with Gasteiger partial charge in [0.15, 0.2) is 0 Å². The van der Waals surface area contributed by atoms with Crippen LogP contribution in [0.4, 0.5) is 0 Å². The zero-order valence-corrected chi connectivity index (χ0v) is 22.1. The van der Waals surface area contributed by atoms with Gasteiger partial charge >= 0.3 is 0 Å². The summed E-state index contributed by atoms with van der Waals surface area (Å²) in [4.78, 5) is 0. The minimum absolute atomic E-state index is 1.24. The van der Waals surface area contributed by atoms with E-state index in [1.807, 2.05) is 0 Å². The predicted molar refractivity (Wildman–Crippen MR) is 139 cm³/mol. The first-order valence-corrected chi connectivity index (χ1v) is 14.4. The van der Waals surface area contributed by atoms with E-state index >= 15 is 0 Å². The highest BCUT2D eigenvalue weighted by atomic mass is 15.3. The van der Waals surface area contributed by atoms with E-state index in [9.17, 15) is 0 Å². The largest absolute Gasteiger partial charge is 0.328 e. The summed E-state index contributed by atoms with van der Waals surface area (Å²) < 4.78 is 1.24. The Morgan fingerprint density at radius 3 is 0.733 bits per heavy atom. The SMILES string of the molecule is CCCCCCCCCCCCCCCCCC[N+](C)(C)CCCCCCCCC. The highest BCUT2D eigenvalue weighted by Crippen LogP contribution is 2.15. The zero-order chi connectivity index (χ0) is 22.2. The summed E-state index contributed by atoms with van der Waals surface area (Å²) >= 11 is 0. The molecule has 1 heteroatoms. The van der Waals surface area contributed by atoms with Crippen molar-refractivity contribution in [3.05, 3.63) is 0 Å². The fourth-order valence-corrected chi connectivity index (χ4v) is 4.70. The van der Waals surface area contributed by atoms with Gasteiger partial charge in [-0.15, -0.1) is 0 Å². The summed E-state index contributed by atoms with van der Waals surface area (Å²) in [7, 11) is 4.89. The molecule has 0 aliphatic carbocycles. The molecule has 0 heterocycles. The number of nitrogens with zero attached hydrogens (tertiary/aromatic N) is 1. The molecule has 0 unspecified atom stereocenters. The number of quaternary nitrogens is 1. The molecule has 30 heavy (non-hydrogen) atoms. The number of hydrogen-bond donors (Lipinski definition) is 0. The molecule has 0 fully saturated rings. The van der Waals surface area contributed by atoms with Crippen molar-refractivity contribution in [1.29, 1.82) is 0 Å². The number of hydrogen-bond acceptors (Lipinski definition) is 0. The van der Waals surface area contributed by atoms with Crippen LogP contribution in [-0.4, -0.2) is 31.7 Å². The van der Waals surface area contributed by atoms with Crippen LogP contribution in [0.25, 0.3) is 0 Å². The maximum Gasteiger partial charge on any atom is 0.0782 e. The van der Waals surface area contributed by atoms with Crippen LogP contribution >= 0.6 is 0 Å². The molecule has 0 N–H and O–H groups in total. The average molecular weight is 425 g/mol. The third-order valence-electron chi connectivity index (χ3n) is 6.98. The third kappa shape index (κ3) is 24.2. The van der Waals surface area contributed by atoms with Gasteiger partial charge in [0.25, 0.3) is 0 Å². The Hall–Kier alpha value is -0.0400. The van der Waals surface area contributed by atoms with Crippen LogP contribution in [0.15, 0.2) is 0 Å². The van der Waals surface area contributed by atoms with E-state index in [0.717, 1.165) is 0 Å². The van der Waals surface area contributed by atoms with E-state index in [1.54, 1.807) is 0 Å². The van der Waals surface area contributed by atoms with Crippen LogP contribution in [-0.2, 0) is 0 Å². The molecule has 0 aliphatic rings. The molecule has 0 spiro atoms. The van der Waals surface area contributed by atoms with E-state index in [0.29, 0.717) is 0 Å². The van der Waals surface area contributed by atoms with Crippen molar-refractivity contribution in [2.75, 3.05) is 27.2 Å². The van der Waals surface area contributed by atoms with Gasteiger partial charge in [0.2, 0.25) is 0 Å². The van der Waals surface area contributed by atoms with Crippen molar-refractivity contribution in [3.8, 4) is 0 Å². The molecule has 0 amide bonds. The van der Waals surface area contributed by atoms with Gasteiger partial charge in [-0.25, -0.2) is 0 Å². The Morgan fingerprint density at radius 2 is 0.500 bits per heavy atom. The lowest BCUT2D eigenvalue weighted by Crippen LogP contribution is -2.41. The lowest BCUT2D eigenvalue weighted by atomic mass is 10.0. The molecule has 1 nitrogen and oxygen atoms in total. The lowest BCUT2D eigenvalue weighted by molar-refractivity contribution is -0.890. The smallest absolute Gasteiger partial charge is 0.0782 e. The number of rotatable bonds is 25. The van der Waals surface area contributed by atoms with Crippen LogP contribution < -0.4 is 0 Å². The summed E-state index contributed by atoms with van der Waals surface area (Å²) in [5, 5.41) is 0. The summed E-state index contributed by atoms with van der Waals surface area (Å²) in [6, 6.07) is 0. The first-order valence-electron chi connectivity index (χ1n) is 14.4. The third-order valence-corrected chi connectivity index (χ3v) is 6.98.